The summed E-state index contributed by atoms with van der Waals surface area (Å²) in [5, 5.41) is 15.1. The highest BCUT2D eigenvalue weighted by Gasteiger charge is 2.38. The van der Waals surface area contributed by atoms with Crippen molar-refractivity contribution in [3.8, 4) is 11.3 Å². The fourth-order valence-corrected chi connectivity index (χ4v) is 5.58. The summed E-state index contributed by atoms with van der Waals surface area (Å²) in [6.07, 6.45) is 3.71. The monoisotopic (exact) mass is 693 g/mol. The minimum atomic E-state index is -1.09. The minimum absolute atomic E-state index is 0.000475. The van der Waals surface area contributed by atoms with Crippen LogP contribution in [0.25, 0.3) is 11.3 Å². The Kier molecular flexibility index (Phi) is 12.3. The molecule has 2 atom stereocenters. The van der Waals surface area contributed by atoms with Gasteiger partial charge < -0.3 is 30.9 Å². The summed E-state index contributed by atoms with van der Waals surface area (Å²) >= 11 is 0. The molecule has 1 aromatic heterocycles. The molecule has 2 heterocycles. The summed E-state index contributed by atoms with van der Waals surface area (Å²) in [4.78, 5) is 68.5. The van der Waals surface area contributed by atoms with Crippen LogP contribution in [0.2, 0.25) is 0 Å². The smallest absolute Gasteiger partial charge is 0.254 e. The maximum Gasteiger partial charge on any atom is 0.254 e. The third-order valence-corrected chi connectivity index (χ3v) is 8.01. The number of nitrogens with one attached hydrogen (secondary N) is 2. The Bertz CT molecular complexity index is 1740. The lowest BCUT2D eigenvalue weighted by atomic mass is 9.84. The Labute approximate surface area is 288 Å². The van der Waals surface area contributed by atoms with Gasteiger partial charge in [0, 0.05) is 50.1 Å². The highest BCUT2D eigenvalue weighted by atomic mass is 19.1. The molecule has 4 rings (SSSR count). The van der Waals surface area contributed by atoms with Crippen molar-refractivity contribution in [2.75, 3.05) is 32.8 Å². The molecule has 266 valence electrons. The highest BCUT2D eigenvalue weighted by molar-refractivity contribution is 6.14. The maximum atomic E-state index is 14.9. The molecule has 0 saturated carbocycles. The van der Waals surface area contributed by atoms with Crippen LogP contribution in [0.15, 0.2) is 66.9 Å². The van der Waals surface area contributed by atoms with Gasteiger partial charge in [0.15, 0.2) is 0 Å². The number of aliphatic hydroxyl groups excluding tert-OH is 1. The number of nitrogens with two attached hydrogens (primary N) is 1. The first-order valence-corrected chi connectivity index (χ1v) is 16.0. The van der Waals surface area contributed by atoms with Crippen molar-refractivity contribution in [3.05, 3.63) is 89.9 Å². The molecule has 5 amide bonds. The van der Waals surface area contributed by atoms with E-state index in [1.54, 1.807) is 10.8 Å². The van der Waals surface area contributed by atoms with Crippen LogP contribution in [0.1, 0.15) is 44.6 Å². The van der Waals surface area contributed by atoms with Gasteiger partial charge in [-0.15, -0.1) is 0 Å². The summed E-state index contributed by atoms with van der Waals surface area (Å²) in [6, 6.07) is 10.5. The van der Waals surface area contributed by atoms with E-state index in [1.165, 1.54) is 4.90 Å². The number of halogens is 2. The Hall–Kier alpha value is -5.28. The Morgan fingerprint density at radius 3 is 2.30 bits per heavy atom. The van der Waals surface area contributed by atoms with Gasteiger partial charge in [-0.25, -0.2) is 13.8 Å². The number of imidazole rings is 1. The van der Waals surface area contributed by atoms with E-state index < -0.39 is 71.8 Å². The van der Waals surface area contributed by atoms with Crippen LogP contribution >= 0.6 is 0 Å². The Balaban J connectivity index is 1.50. The third-order valence-electron chi connectivity index (χ3n) is 8.01. The molecule has 50 heavy (non-hydrogen) atoms. The van der Waals surface area contributed by atoms with Crippen molar-refractivity contribution < 1.29 is 37.9 Å². The van der Waals surface area contributed by atoms with Crippen LogP contribution in [0.3, 0.4) is 0 Å². The van der Waals surface area contributed by atoms with Gasteiger partial charge in [0.25, 0.3) is 11.8 Å². The van der Waals surface area contributed by atoms with Gasteiger partial charge in [-0.2, -0.15) is 0 Å². The first-order valence-electron chi connectivity index (χ1n) is 16.0. The topological polar surface area (TPSA) is 180 Å². The molecular weight excluding hydrogens is 652 g/mol. The SMILES string of the molecule is CC(C)(C)[C@H](c1nc(-c2cc(F)ccc2F)cn1Cc1ccccc1)N(CC[C@H](N)C(=O)NCCNC(=O)CN1C(=O)C=CC1=O)C(=O)CO. The summed E-state index contributed by atoms with van der Waals surface area (Å²) < 4.78 is 30.9. The second-order valence-electron chi connectivity index (χ2n) is 12.9. The van der Waals surface area contributed by atoms with E-state index in [4.69, 9.17) is 10.7 Å². The number of hydrogen-bond donors (Lipinski definition) is 4. The number of imide groups is 1. The number of aliphatic hydroxyl groups is 1. The fraction of sp³-hybridized carbons (Fsp3) is 0.371. The van der Waals surface area contributed by atoms with Crippen LogP contribution in [-0.4, -0.2) is 92.8 Å². The Morgan fingerprint density at radius 1 is 1.00 bits per heavy atom. The van der Waals surface area contributed by atoms with E-state index in [0.717, 1.165) is 40.8 Å². The van der Waals surface area contributed by atoms with Crippen molar-refractivity contribution in [1.82, 2.24) is 30.0 Å². The standard InChI is InChI=1S/C35H41F2N7O6/c1-35(2,3)32(33-41-27(24-17-23(36)9-10-25(24)37)19-42(33)18-22-7-5-4-6-8-22)43(31(49)21-45)16-13-26(38)34(50)40-15-14-39-28(46)20-44-29(47)11-12-30(44)48/h4-12,17,19,26,32,45H,13-16,18,20-21,38H2,1-3H3,(H,39,46)(H,40,50)/t26-,32-/m0/s1. The lowest BCUT2D eigenvalue weighted by Gasteiger charge is -2.40. The lowest BCUT2D eigenvalue weighted by molar-refractivity contribution is -0.141. The number of carbonyl (C=O) groups excluding carboxylic acids is 5. The van der Waals surface area contributed by atoms with E-state index in [1.807, 2.05) is 51.1 Å². The van der Waals surface area contributed by atoms with Gasteiger partial charge in [-0.3, -0.25) is 28.9 Å². The van der Waals surface area contributed by atoms with Crippen LogP contribution in [-0.2, 0) is 30.5 Å². The molecule has 1 aliphatic rings. The Morgan fingerprint density at radius 2 is 1.66 bits per heavy atom. The fourth-order valence-electron chi connectivity index (χ4n) is 5.58. The number of hydrogen-bond acceptors (Lipinski definition) is 8. The van der Waals surface area contributed by atoms with Crippen molar-refractivity contribution in [1.29, 1.82) is 0 Å². The number of carbonyl (C=O) groups is 5. The quantitative estimate of drug-likeness (QED) is 0.137. The van der Waals surface area contributed by atoms with Gasteiger partial charge in [0.2, 0.25) is 17.7 Å². The number of aromatic nitrogens is 2. The molecule has 15 heteroatoms. The zero-order chi connectivity index (χ0) is 36.6. The van der Waals surface area contributed by atoms with Gasteiger partial charge in [-0.1, -0.05) is 51.1 Å². The van der Waals surface area contributed by atoms with Crippen molar-refractivity contribution >= 4 is 29.5 Å². The van der Waals surface area contributed by atoms with Crippen LogP contribution in [0.5, 0.6) is 0 Å². The zero-order valence-electron chi connectivity index (χ0n) is 28.1. The van der Waals surface area contributed by atoms with E-state index in [2.05, 4.69) is 10.6 Å². The average molecular weight is 694 g/mol. The summed E-state index contributed by atoms with van der Waals surface area (Å²) in [7, 11) is 0. The first-order chi connectivity index (χ1) is 23.7. The van der Waals surface area contributed by atoms with Crippen molar-refractivity contribution in [3.63, 3.8) is 0 Å². The summed E-state index contributed by atoms with van der Waals surface area (Å²) in [6.45, 7) is 4.52. The van der Waals surface area contributed by atoms with Gasteiger partial charge >= 0.3 is 0 Å². The van der Waals surface area contributed by atoms with Crippen molar-refractivity contribution in [2.24, 2.45) is 11.1 Å². The lowest BCUT2D eigenvalue weighted by Crippen LogP contribution is -2.48. The average Bonchev–Trinajstić information content (AvgIpc) is 3.62. The number of amides is 5. The zero-order valence-corrected chi connectivity index (χ0v) is 28.1. The molecule has 5 N–H and O–H groups in total. The molecule has 0 bridgehead atoms. The number of rotatable bonds is 15. The third kappa shape index (κ3) is 9.45. The summed E-state index contributed by atoms with van der Waals surface area (Å²) in [5.41, 5.74) is 6.45. The molecule has 0 saturated heterocycles. The van der Waals surface area contributed by atoms with Crippen LogP contribution < -0.4 is 16.4 Å². The first kappa shape index (κ1) is 37.5. The number of benzene rings is 2. The molecule has 0 spiro atoms. The summed E-state index contributed by atoms with van der Waals surface area (Å²) in [5.74, 6) is -3.96. The molecule has 2 aromatic carbocycles. The van der Waals surface area contributed by atoms with Crippen LogP contribution in [0.4, 0.5) is 8.78 Å². The normalized spacial score (nSPS) is 14.1. The second kappa shape index (κ2) is 16.4. The molecule has 3 aromatic rings. The van der Waals surface area contributed by atoms with Gasteiger partial charge in [-0.05, 0) is 35.6 Å². The predicted octanol–water partition coefficient (Wildman–Crippen LogP) is 1.66. The molecule has 0 radical (unpaired) electrons. The molecule has 0 aliphatic carbocycles. The van der Waals surface area contributed by atoms with E-state index in [-0.39, 0.29) is 43.9 Å². The van der Waals surface area contributed by atoms with Crippen molar-refractivity contribution in [2.45, 2.75) is 45.8 Å². The molecule has 0 fully saturated rings. The maximum absolute atomic E-state index is 14.9. The molecular formula is C35H41F2N7O6. The molecule has 13 nitrogen and oxygen atoms in total. The van der Waals surface area contributed by atoms with Crippen LogP contribution in [0, 0.1) is 17.0 Å². The number of nitrogens with zero attached hydrogens (tertiary/aromatic N) is 4. The van der Waals surface area contributed by atoms with E-state index in [0.29, 0.717) is 5.82 Å². The molecule has 0 unspecified atom stereocenters. The van der Waals surface area contributed by atoms with Gasteiger partial charge in [0.1, 0.15) is 30.6 Å². The van der Waals surface area contributed by atoms with Gasteiger partial charge in [0.05, 0.1) is 17.8 Å². The predicted molar refractivity (Wildman–Crippen MR) is 179 cm³/mol. The second-order valence-corrected chi connectivity index (χ2v) is 12.9. The molecule has 1 aliphatic heterocycles. The van der Waals surface area contributed by atoms with E-state index in [9.17, 15) is 37.9 Å². The minimum Gasteiger partial charge on any atom is -0.387 e. The largest absolute Gasteiger partial charge is 0.387 e. The van der Waals surface area contributed by atoms with E-state index >= 15 is 0 Å². The highest BCUT2D eigenvalue weighted by Crippen LogP contribution is 2.39.